The van der Waals surface area contributed by atoms with Crippen LogP contribution in [-0.2, 0) is 4.79 Å². The van der Waals surface area contributed by atoms with E-state index < -0.39 is 11.9 Å². The number of nitrogens with two attached hydrogens (primary N) is 1. The van der Waals surface area contributed by atoms with Crippen LogP contribution >= 0.6 is 0 Å². The topological polar surface area (TPSA) is 84.2 Å². The first kappa shape index (κ1) is 20.3. The lowest BCUT2D eigenvalue weighted by atomic mass is 9.97. The summed E-state index contributed by atoms with van der Waals surface area (Å²) in [5.41, 5.74) is 9.62. The number of carbonyl (C=O) groups excluding carboxylic acids is 2. The Morgan fingerprint density at radius 3 is 2.00 bits per heavy atom. The second kappa shape index (κ2) is 9.17. The molecule has 2 atom stereocenters. The molecule has 0 bridgehead atoms. The maximum Gasteiger partial charge on any atom is 0.248 e. The second-order valence-corrected chi connectivity index (χ2v) is 7.07. The van der Waals surface area contributed by atoms with Gasteiger partial charge in [-0.05, 0) is 49.2 Å². The first-order valence-corrected chi connectivity index (χ1v) is 9.52. The van der Waals surface area contributed by atoms with Crippen molar-refractivity contribution in [3.8, 4) is 0 Å². The van der Waals surface area contributed by atoms with Gasteiger partial charge in [0.2, 0.25) is 11.8 Å². The zero-order valence-corrected chi connectivity index (χ0v) is 16.6. The summed E-state index contributed by atoms with van der Waals surface area (Å²) in [7, 11) is 0. The van der Waals surface area contributed by atoms with Crippen molar-refractivity contribution in [1.29, 1.82) is 0 Å². The van der Waals surface area contributed by atoms with Gasteiger partial charge < -0.3 is 11.1 Å². The van der Waals surface area contributed by atoms with Crippen LogP contribution in [0.1, 0.15) is 40.0 Å². The SMILES string of the molecule is Cc1ccc([C@H](N[C@@H](C)C(=O)Nc2ccc(C(N)=O)cc2)c2ccccc2)cc1. The smallest absolute Gasteiger partial charge is 0.248 e. The van der Waals surface area contributed by atoms with Gasteiger partial charge >= 0.3 is 0 Å². The molecule has 0 heterocycles. The first-order valence-electron chi connectivity index (χ1n) is 9.52. The Balaban J connectivity index is 1.75. The normalized spacial score (nSPS) is 12.8. The number of carbonyl (C=O) groups is 2. The molecule has 0 fully saturated rings. The predicted molar refractivity (Wildman–Crippen MR) is 116 cm³/mol. The number of aryl methyl sites for hydroxylation is 1. The summed E-state index contributed by atoms with van der Waals surface area (Å²) >= 11 is 0. The van der Waals surface area contributed by atoms with Crippen molar-refractivity contribution >= 4 is 17.5 Å². The zero-order chi connectivity index (χ0) is 20.8. The molecule has 3 rings (SSSR count). The molecule has 0 unspecified atom stereocenters. The average Bonchev–Trinajstić information content (AvgIpc) is 2.73. The number of hydrogen-bond acceptors (Lipinski definition) is 3. The molecule has 0 aliphatic carbocycles. The van der Waals surface area contributed by atoms with Crippen molar-refractivity contribution in [2.45, 2.75) is 25.9 Å². The summed E-state index contributed by atoms with van der Waals surface area (Å²) in [6, 6.07) is 24.3. The largest absolute Gasteiger partial charge is 0.366 e. The lowest BCUT2D eigenvalue weighted by Gasteiger charge is -2.24. The second-order valence-electron chi connectivity index (χ2n) is 7.07. The van der Waals surface area contributed by atoms with Gasteiger partial charge in [-0.3, -0.25) is 14.9 Å². The molecule has 3 aromatic rings. The van der Waals surface area contributed by atoms with Crippen molar-refractivity contribution < 1.29 is 9.59 Å². The predicted octanol–water partition coefficient (Wildman–Crippen LogP) is 3.80. The Kier molecular flexibility index (Phi) is 6.42. The van der Waals surface area contributed by atoms with Gasteiger partial charge in [0.15, 0.2) is 0 Å². The minimum Gasteiger partial charge on any atom is -0.366 e. The first-order chi connectivity index (χ1) is 13.9. The van der Waals surface area contributed by atoms with E-state index in [1.165, 1.54) is 5.56 Å². The lowest BCUT2D eigenvalue weighted by Crippen LogP contribution is -2.40. The molecule has 0 aromatic heterocycles. The number of anilines is 1. The van der Waals surface area contributed by atoms with Crippen LogP contribution < -0.4 is 16.4 Å². The van der Waals surface area contributed by atoms with E-state index in [0.717, 1.165) is 11.1 Å². The highest BCUT2D eigenvalue weighted by atomic mass is 16.2. The summed E-state index contributed by atoms with van der Waals surface area (Å²) < 4.78 is 0. The van der Waals surface area contributed by atoms with Gasteiger partial charge in [0.05, 0.1) is 12.1 Å². The molecule has 0 aliphatic rings. The lowest BCUT2D eigenvalue weighted by molar-refractivity contribution is -0.117. The maximum atomic E-state index is 12.7. The fourth-order valence-electron chi connectivity index (χ4n) is 3.08. The molecule has 3 aromatic carbocycles. The van der Waals surface area contributed by atoms with Crippen LogP contribution in [0.15, 0.2) is 78.9 Å². The van der Waals surface area contributed by atoms with E-state index in [4.69, 9.17) is 5.73 Å². The molecule has 2 amide bonds. The van der Waals surface area contributed by atoms with E-state index >= 15 is 0 Å². The molecule has 0 radical (unpaired) electrons. The Morgan fingerprint density at radius 1 is 0.828 bits per heavy atom. The third-order valence-corrected chi connectivity index (χ3v) is 4.79. The number of benzene rings is 3. The van der Waals surface area contributed by atoms with Crippen LogP contribution in [0.4, 0.5) is 5.69 Å². The van der Waals surface area contributed by atoms with Gasteiger partial charge in [-0.1, -0.05) is 60.2 Å². The molecule has 4 N–H and O–H groups in total. The molecule has 29 heavy (non-hydrogen) atoms. The number of hydrogen-bond donors (Lipinski definition) is 3. The standard InChI is InChI=1S/C24H25N3O2/c1-16-8-10-19(11-9-16)22(18-6-4-3-5-7-18)26-17(2)24(29)27-21-14-12-20(13-15-21)23(25)28/h3-15,17,22,26H,1-2H3,(H2,25,28)(H,27,29)/t17-,22+/m0/s1. The minimum atomic E-state index is -0.498. The molecule has 0 spiro atoms. The molecule has 0 saturated carbocycles. The van der Waals surface area contributed by atoms with Crippen molar-refractivity contribution in [3.63, 3.8) is 0 Å². The fraction of sp³-hybridized carbons (Fsp3) is 0.167. The molecule has 0 aliphatic heterocycles. The van der Waals surface area contributed by atoms with Crippen molar-refractivity contribution in [2.75, 3.05) is 5.32 Å². The highest BCUT2D eigenvalue weighted by molar-refractivity contribution is 5.96. The highest BCUT2D eigenvalue weighted by Gasteiger charge is 2.21. The van der Waals surface area contributed by atoms with Gasteiger partial charge in [-0.25, -0.2) is 0 Å². The van der Waals surface area contributed by atoms with Crippen LogP contribution in [0.3, 0.4) is 0 Å². The van der Waals surface area contributed by atoms with Gasteiger partial charge in [0.25, 0.3) is 0 Å². The van der Waals surface area contributed by atoms with E-state index in [9.17, 15) is 9.59 Å². The number of rotatable bonds is 7. The third kappa shape index (κ3) is 5.30. The molecule has 148 valence electrons. The van der Waals surface area contributed by atoms with Crippen molar-refractivity contribution in [1.82, 2.24) is 5.32 Å². The van der Waals surface area contributed by atoms with E-state index in [2.05, 4.69) is 34.9 Å². The number of primary amides is 1. The van der Waals surface area contributed by atoms with Crippen LogP contribution in [0.25, 0.3) is 0 Å². The molecule has 0 saturated heterocycles. The molecular formula is C24H25N3O2. The van der Waals surface area contributed by atoms with Crippen molar-refractivity contribution in [2.24, 2.45) is 5.73 Å². The summed E-state index contributed by atoms with van der Waals surface area (Å²) in [5, 5.41) is 6.30. The van der Waals surface area contributed by atoms with Crippen LogP contribution in [-0.4, -0.2) is 17.9 Å². The highest BCUT2D eigenvalue weighted by Crippen LogP contribution is 2.23. The quantitative estimate of drug-likeness (QED) is 0.576. The summed E-state index contributed by atoms with van der Waals surface area (Å²) in [6.45, 7) is 3.88. The Morgan fingerprint density at radius 2 is 1.41 bits per heavy atom. The fourth-order valence-corrected chi connectivity index (χ4v) is 3.08. The van der Waals surface area contributed by atoms with E-state index in [1.54, 1.807) is 24.3 Å². The summed E-state index contributed by atoms with van der Waals surface area (Å²) in [4.78, 5) is 23.9. The third-order valence-electron chi connectivity index (χ3n) is 4.79. The van der Waals surface area contributed by atoms with E-state index in [1.807, 2.05) is 44.2 Å². The Hall–Kier alpha value is -3.44. The van der Waals surface area contributed by atoms with Crippen molar-refractivity contribution in [3.05, 3.63) is 101 Å². The monoisotopic (exact) mass is 387 g/mol. The van der Waals surface area contributed by atoms with Crippen LogP contribution in [0.2, 0.25) is 0 Å². The zero-order valence-electron chi connectivity index (χ0n) is 16.6. The maximum absolute atomic E-state index is 12.7. The van der Waals surface area contributed by atoms with Crippen LogP contribution in [0.5, 0.6) is 0 Å². The van der Waals surface area contributed by atoms with Gasteiger partial charge in [-0.15, -0.1) is 0 Å². The minimum absolute atomic E-state index is 0.116. The molecular weight excluding hydrogens is 362 g/mol. The molecule has 5 heteroatoms. The van der Waals surface area contributed by atoms with E-state index in [-0.39, 0.29) is 11.9 Å². The number of nitrogens with one attached hydrogen (secondary N) is 2. The van der Waals surface area contributed by atoms with Gasteiger partial charge in [0, 0.05) is 11.3 Å². The van der Waals surface area contributed by atoms with E-state index in [0.29, 0.717) is 11.3 Å². The summed E-state index contributed by atoms with van der Waals surface area (Å²) in [6.07, 6.45) is 0. The number of amides is 2. The van der Waals surface area contributed by atoms with Gasteiger partial charge in [0.1, 0.15) is 0 Å². The summed E-state index contributed by atoms with van der Waals surface area (Å²) in [5.74, 6) is -0.661. The average molecular weight is 387 g/mol. The van der Waals surface area contributed by atoms with Gasteiger partial charge in [-0.2, -0.15) is 0 Å². The van der Waals surface area contributed by atoms with Crippen LogP contribution in [0, 0.1) is 6.92 Å². The molecule has 5 nitrogen and oxygen atoms in total. The Bertz CT molecular complexity index is 967. The Labute approximate surface area is 170 Å².